The predicted molar refractivity (Wildman–Crippen MR) is 96.3 cm³/mol. The van der Waals surface area contributed by atoms with E-state index in [-0.39, 0.29) is 11.9 Å². The lowest BCUT2D eigenvalue weighted by molar-refractivity contribution is -0.124. The van der Waals surface area contributed by atoms with Crippen LogP contribution in [0.25, 0.3) is 0 Å². The summed E-state index contributed by atoms with van der Waals surface area (Å²) in [5, 5.41) is 3.26. The number of nitrogens with zero attached hydrogens (tertiary/aromatic N) is 1. The van der Waals surface area contributed by atoms with Gasteiger partial charge >= 0.3 is 0 Å². The maximum absolute atomic E-state index is 12.7. The first kappa shape index (κ1) is 18.0. The van der Waals surface area contributed by atoms with E-state index in [1.165, 1.54) is 31.2 Å². The maximum Gasteiger partial charge on any atom is 0.234 e. The van der Waals surface area contributed by atoms with E-state index in [0.29, 0.717) is 24.5 Å². The van der Waals surface area contributed by atoms with Crippen LogP contribution in [0.1, 0.15) is 65.0 Å². The van der Waals surface area contributed by atoms with Crippen molar-refractivity contribution in [2.24, 2.45) is 5.92 Å². The van der Waals surface area contributed by atoms with Crippen molar-refractivity contribution in [1.82, 2.24) is 10.2 Å². The molecule has 1 fully saturated rings. The van der Waals surface area contributed by atoms with E-state index in [0.717, 1.165) is 0 Å². The highest BCUT2D eigenvalue weighted by Gasteiger charge is 2.27. The Bertz CT molecular complexity index is 478. The van der Waals surface area contributed by atoms with Crippen LogP contribution in [0.3, 0.4) is 0 Å². The molecule has 1 unspecified atom stereocenters. The molecule has 1 aliphatic rings. The van der Waals surface area contributed by atoms with Crippen LogP contribution in [0.15, 0.2) is 30.3 Å². The van der Waals surface area contributed by atoms with E-state index < -0.39 is 0 Å². The normalized spacial score (nSPS) is 17.2. The average molecular weight is 316 g/mol. The Morgan fingerprint density at radius 3 is 2.26 bits per heavy atom. The molecule has 1 atom stereocenters. The molecule has 23 heavy (non-hydrogen) atoms. The molecule has 0 heterocycles. The zero-order valence-electron chi connectivity index (χ0n) is 15.1. The van der Waals surface area contributed by atoms with Gasteiger partial charge in [0, 0.05) is 12.1 Å². The van der Waals surface area contributed by atoms with Crippen molar-refractivity contribution in [3.05, 3.63) is 35.9 Å². The largest absolute Gasteiger partial charge is 0.348 e. The zero-order chi connectivity index (χ0) is 16.8. The molecule has 3 nitrogen and oxygen atoms in total. The van der Waals surface area contributed by atoms with Gasteiger partial charge in [-0.3, -0.25) is 9.69 Å². The van der Waals surface area contributed by atoms with Crippen molar-refractivity contribution in [1.29, 1.82) is 0 Å². The molecule has 1 aromatic carbocycles. The predicted octanol–water partition coefficient (Wildman–Crippen LogP) is 4.15. The first-order valence-corrected chi connectivity index (χ1v) is 9.09. The number of hydrogen-bond donors (Lipinski definition) is 1. The molecule has 1 N–H and O–H groups in total. The van der Waals surface area contributed by atoms with E-state index in [9.17, 15) is 4.79 Å². The number of benzene rings is 1. The number of carbonyl (C=O) groups excluding carboxylic acids is 1. The second kappa shape index (κ2) is 8.49. The van der Waals surface area contributed by atoms with Crippen LogP contribution in [-0.2, 0) is 4.79 Å². The van der Waals surface area contributed by atoms with Gasteiger partial charge in [0.1, 0.15) is 0 Å². The quantitative estimate of drug-likeness (QED) is 0.819. The minimum atomic E-state index is 0.0845. The van der Waals surface area contributed by atoms with E-state index in [1.54, 1.807) is 0 Å². The van der Waals surface area contributed by atoms with Gasteiger partial charge in [-0.15, -0.1) is 0 Å². The Morgan fingerprint density at radius 2 is 1.74 bits per heavy atom. The molecule has 0 saturated heterocycles. The minimum Gasteiger partial charge on any atom is -0.348 e. The van der Waals surface area contributed by atoms with E-state index in [4.69, 9.17) is 0 Å². The fourth-order valence-corrected chi connectivity index (χ4v) is 3.65. The molecule has 3 heteroatoms. The van der Waals surface area contributed by atoms with Gasteiger partial charge in [0.05, 0.1) is 12.6 Å². The molecule has 1 saturated carbocycles. The van der Waals surface area contributed by atoms with Crippen LogP contribution in [0.4, 0.5) is 0 Å². The van der Waals surface area contributed by atoms with Crippen LogP contribution >= 0.6 is 0 Å². The summed E-state index contributed by atoms with van der Waals surface area (Å²) in [6.45, 7) is 9.23. The summed E-state index contributed by atoms with van der Waals surface area (Å²) in [5.74, 6) is 0.522. The molecule has 1 amide bonds. The number of hydrogen-bond acceptors (Lipinski definition) is 2. The molecular formula is C20H32N2O. The Morgan fingerprint density at radius 1 is 1.13 bits per heavy atom. The minimum absolute atomic E-state index is 0.0845. The summed E-state index contributed by atoms with van der Waals surface area (Å²) < 4.78 is 0. The standard InChI is InChI=1S/C20H32N2O/c1-15(2)20(17-10-6-5-7-11-17)21-19(23)14-22(16(3)4)18-12-8-9-13-18/h5-7,10-11,15-16,18,20H,8-9,12-14H2,1-4H3,(H,21,23). The molecule has 0 aromatic heterocycles. The van der Waals surface area contributed by atoms with Crippen molar-refractivity contribution in [2.45, 2.75) is 71.5 Å². The lowest BCUT2D eigenvalue weighted by atomic mass is 9.96. The SMILES string of the molecule is CC(C)C(NC(=O)CN(C(C)C)C1CCCC1)c1ccccc1. The summed E-state index contributed by atoms with van der Waals surface area (Å²) in [6, 6.07) is 11.4. The van der Waals surface area contributed by atoms with Gasteiger partial charge in [0.25, 0.3) is 0 Å². The molecule has 0 radical (unpaired) electrons. The fourth-order valence-electron chi connectivity index (χ4n) is 3.65. The Hall–Kier alpha value is -1.35. The molecule has 0 spiro atoms. The molecule has 1 aliphatic carbocycles. The fraction of sp³-hybridized carbons (Fsp3) is 0.650. The van der Waals surface area contributed by atoms with Crippen molar-refractivity contribution in [3.8, 4) is 0 Å². The van der Waals surface area contributed by atoms with Gasteiger partial charge in [-0.05, 0) is 38.2 Å². The number of amides is 1. The maximum atomic E-state index is 12.7. The Balaban J connectivity index is 2.00. The van der Waals surface area contributed by atoms with Crippen molar-refractivity contribution < 1.29 is 4.79 Å². The second-order valence-electron chi connectivity index (χ2n) is 7.40. The van der Waals surface area contributed by atoms with Gasteiger partial charge in [0.2, 0.25) is 5.91 Å². The Kier molecular flexibility index (Phi) is 6.64. The van der Waals surface area contributed by atoms with Crippen LogP contribution < -0.4 is 5.32 Å². The lowest BCUT2D eigenvalue weighted by Crippen LogP contribution is -2.46. The summed E-state index contributed by atoms with van der Waals surface area (Å²) in [5.41, 5.74) is 1.19. The first-order chi connectivity index (χ1) is 11.0. The average Bonchev–Trinajstić information content (AvgIpc) is 3.04. The Labute approximate surface area is 141 Å². The topological polar surface area (TPSA) is 32.3 Å². The lowest BCUT2D eigenvalue weighted by Gasteiger charge is -2.33. The summed E-state index contributed by atoms with van der Waals surface area (Å²) >= 11 is 0. The molecule has 0 aliphatic heterocycles. The van der Waals surface area contributed by atoms with Gasteiger partial charge in [0.15, 0.2) is 0 Å². The highest BCUT2D eigenvalue weighted by atomic mass is 16.2. The highest BCUT2D eigenvalue weighted by molar-refractivity contribution is 5.78. The summed E-state index contributed by atoms with van der Waals surface area (Å²) in [4.78, 5) is 15.0. The molecule has 128 valence electrons. The number of rotatable bonds is 7. The monoisotopic (exact) mass is 316 g/mol. The third kappa shape index (κ3) is 5.07. The summed E-state index contributed by atoms with van der Waals surface area (Å²) in [7, 11) is 0. The van der Waals surface area contributed by atoms with E-state index in [1.807, 2.05) is 18.2 Å². The van der Waals surface area contributed by atoms with Crippen molar-refractivity contribution >= 4 is 5.91 Å². The second-order valence-corrected chi connectivity index (χ2v) is 7.40. The smallest absolute Gasteiger partial charge is 0.234 e. The van der Waals surface area contributed by atoms with Crippen molar-refractivity contribution in [2.75, 3.05) is 6.54 Å². The third-order valence-electron chi connectivity index (χ3n) is 4.93. The van der Waals surface area contributed by atoms with Gasteiger partial charge in [-0.1, -0.05) is 57.0 Å². The molecule has 2 rings (SSSR count). The summed E-state index contributed by atoms with van der Waals surface area (Å²) in [6.07, 6.45) is 5.07. The zero-order valence-corrected chi connectivity index (χ0v) is 15.1. The number of carbonyl (C=O) groups is 1. The molecular weight excluding hydrogens is 284 g/mol. The van der Waals surface area contributed by atoms with E-state index >= 15 is 0 Å². The molecule has 0 bridgehead atoms. The van der Waals surface area contributed by atoms with Crippen LogP contribution in [-0.4, -0.2) is 29.4 Å². The van der Waals surface area contributed by atoms with Crippen LogP contribution in [0, 0.1) is 5.92 Å². The van der Waals surface area contributed by atoms with Crippen molar-refractivity contribution in [3.63, 3.8) is 0 Å². The van der Waals surface area contributed by atoms with Gasteiger partial charge in [-0.25, -0.2) is 0 Å². The third-order valence-corrected chi connectivity index (χ3v) is 4.93. The molecule has 1 aromatic rings. The van der Waals surface area contributed by atoms with E-state index in [2.05, 4.69) is 50.0 Å². The number of nitrogens with one attached hydrogen (secondary N) is 1. The van der Waals surface area contributed by atoms with Crippen LogP contribution in [0.5, 0.6) is 0 Å². The van der Waals surface area contributed by atoms with Gasteiger partial charge < -0.3 is 5.32 Å². The van der Waals surface area contributed by atoms with Gasteiger partial charge in [-0.2, -0.15) is 0 Å². The highest BCUT2D eigenvalue weighted by Crippen LogP contribution is 2.25. The first-order valence-electron chi connectivity index (χ1n) is 9.09. The van der Waals surface area contributed by atoms with Crippen LogP contribution in [0.2, 0.25) is 0 Å².